The molecule has 2 atom stereocenters. The Balaban J connectivity index is 0.00000220. The molecule has 0 amide bonds. The number of nitrogens with zero attached hydrogens (tertiary/aromatic N) is 1. The predicted molar refractivity (Wildman–Crippen MR) is 84.9 cm³/mol. The maximum Gasteiger partial charge on any atom is 0.128 e. The van der Waals surface area contributed by atoms with Crippen LogP contribution >= 0.6 is 12.4 Å². The number of rotatable bonds is 5. The van der Waals surface area contributed by atoms with Crippen molar-refractivity contribution in [2.75, 3.05) is 26.2 Å². The van der Waals surface area contributed by atoms with Gasteiger partial charge in [0.05, 0.1) is 0 Å². The fraction of sp³-hybridized carbons (Fsp3) is 0.625. The van der Waals surface area contributed by atoms with Gasteiger partial charge in [-0.1, -0.05) is 20.3 Å². The van der Waals surface area contributed by atoms with E-state index in [1.807, 2.05) is 0 Å². The highest BCUT2D eigenvalue weighted by atomic mass is 35.5. The zero-order valence-electron chi connectivity index (χ0n) is 12.7. The molecular weight excluding hydrogens is 294 g/mol. The van der Waals surface area contributed by atoms with Crippen LogP contribution in [-0.4, -0.2) is 31.1 Å². The van der Waals surface area contributed by atoms with Gasteiger partial charge in [0, 0.05) is 37.8 Å². The monoisotopic (exact) mass is 318 g/mol. The van der Waals surface area contributed by atoms with E-state index in [-0.39, 0.29) is 30.1 Å². The third-order valence-corrected chi connectivity index (χ3v) is 4.10. The Hall–Kier alpha value is -0.710. The maximum absolute atomic E-state index is 14.2. The summed E-state index contributed by atoms with van der Waals surface area (Å²) >= 11 is 0. The van der Waals surface area contributed by atoms with E-state index in [0.717, 1.165) is 39.0 Å². The van der Waals surface area contributed by atoms with Crippen LogP contribution in [0.1, 0.15) is 38.3 Å². The molecule has 1 aromatic rings. The van der Waals surface area contributed by atoms with Gasteiger partial charge in [0.25, 0.3) is 0 Å². The summed E-state index contributed by atoms with van der Waals surface area (Å²) in [4.78, 5) is 2.29. The molecule has 21 heavy (non-hydrogen) atoms. The maximum atomic E-state index is 14.2. The molecule has 0 bridgehead atoms. The average molecular weight is 319 g/mol. The molecule has 1 saturated heterocycles. The van der Waals surface area contributed by atoms with Gasteiger partial charge in [-0.3, -0.25) is 4.90 Å². The van der Waals surface area contributed by atoms with Crippen molar-refractivity contribution < 1.29 is 8.78 Å². The molecule has 120 valence electrons. The van der Waals surface area contributed by atoms with E-state index in [9.17, 15) is 8.78 Å². The van der Waals surface area contributed by atoms with Crippen LogP contribution in [0, 0.1) is 17.6 Å². The summed E-state index contributed by atoms with van der Waals surface area (Å²) in [5, 5.41) is 3.31. The molecule has 0 radical (unpaired) electrons. The number of hydrogen-bond acceptors (Lipinski definition) is 2. The summed E-state index contributed by atoms with van der Waals surface area (Å²) < 4.78 is 27.7. The Bertz CT molecular complexity index is 436. The molecule has 0 aliphatic carbocycles. The van der Waals surface area contributed by atoms with E-state index in [1.165, 1.54) is 18.2 Å². The second-order valence-electron chi connectivity index (χ2n) is 5.66. The number of hydrogen-bond donors (Lipinski definition) is 1. The molecule has 5 heteroatoms. The molecule has 1 N–H and O–H groups in total. The van der Waals surface area contributed by atoms with E-state index in [0.29, 0.717) is 11.5 Å². The largest absolute Gasteiger partial charge is 0.314 e. The van der Waals surface area contributed by atoms with Gasteiger partial charge < -0.3 is 5.32 Å². The summed E-state index contributed by atoms with van der Waals surface area (Å²) in [6.07, 6.45) is 2.07. The molecule has 1 heterocycles. The van der Waals surface area contributed by atoms with Crippen molar-refractivity contribution in [3.8, 4) is 0 Å². The van der Waals surface area contributed by atoms with Crippen LogP contribution in [0.25, 0.3) is 0 Å². The average Bonchev–Trinajstić information content (AvgIpc) is 2.44. The first-order chi connectivity index (χ1) is 9.63. The van der Waals surface area contributed by atoms with Crippen molar-refractivity contribution in [3.05, 3.63) is 35.4 Å². The number of piperazine rings is 1. The zero-order valence-corrected chi connectivity index (χ0v) is 13.6. The normalized spacial score (nSPS) is 18.9. The second-order valence-corrected chi connectivity index (χ2v) is 5.66. The summed E-state index contributed by atoms with van der Waals surface area (Å²) in [6.45, 7) is 7.86. The van der Waals surface area contributed by atoms with Crippen LogP contribution in [0.5, 0.6) is 0 Å². The van der Waals surface area contributed by atoms with Gasteiger partial charge in [-0.05, 0) is 30.5 Å². The molecule has 1 aliphatic heterocycles. The Morgan fingerprint density at radius 3 is 2.52 bits per heavy atom. The van der Waals surface area contributed by atoms with Gasteiger partial charge in [-0.2, -0.15) is 0 Å². The molecule has 1 unspecified atom stereocenters. The van der Waals surface area contributed by atoms with E-state index in [1.54, 1.807) is 0 Å². The quantitative estimate of drug-likeness (QED) is 0.889. The minimum Gasteiger partial charge on any atom is -0.314 e. The van der Waals surface area contributed by atoms with E-state index in [4.69, 9.17) is 0 Å². The number of benzene rings is 1. The van der Waals surface area contributed by atoms with Crippen molar-refractivity contribution in [3.63, 3.8) is 0 Å². The summed E-state index contributed by atoms with van der Waals surface area (Å²) in [7, 11) is 0. The third kappa shape index (κ3) is 4.63. The lowest BCUT2D eigenvalue weighted by atomic mass is 9.89. The van der Waals surface area contributed by atoms with Gasteiger partial charge in [0.15, 0.2) is 0 Å². The SMILES string of the molecule is CCCC(C)[C@@H](c1cc(F)ccc1F)N1CCNCC1.Cl. The van der Waals surface area contributed by atoms with Crippen molar-refractivity contribution >= 4 is 12.4 Å². The van der Waals surface area contributed by atoms with Crippen LogP contribution in [-0.2, 0) is 0 Å². The molecule has 1 aliphatic rings. The Morgan fingerprint density at radius 2 is 1.90 bits per heavy atom. The number of halogens is 3. The van der Waals surface area contributed by atoms with Crippen molar-refractivity contribution in [2.45, 2.75) is 32.7 Å². The Morgan fingerprint density at radius 1 is 1.24 bits per heavy atom. The van der Waals surface area contributed by atoms with Crippen molar-refractivity contribution in [1.82, 2.24) is 10.2 Å². The van der Waals surface area contributed by atoms with Crippen LogP contribution in [0.3, 0.4) is 0 Å². The van der Waals surface area contributed by atoms with E-state index >= 15 is 0 Å². The van der Waals surface area contributed by atoms with Gasteiger partial charge in [-0.25, -0.2) is 8.78 Å². The lowest BCUT2D eigenvalue weighted by Crippen LogP contribution is -2.46. The molecular formula is C16H25ClF2N2. The third-order valence-electron chi connectivity index (χ3n) is 4.10. The van der Waals surface area contributed by atoms with Gasteiger partial charge >= 0.3 is 0 Å². The molecule has 2 nitrogen and oxygen atoms in total. The smallest absolute Gasteiger partial charge is 0.128 e. The minimum atomic E-state index is -0.356. The molecule has 0 spiro atoms. The van der Waals surface area contributed by atoms with Gasteiger partial charge in [0.1, 0.15) is 11.6 Å². The lowest BCUT2D eigenvalue weighted by Gasteiger charge is -2.38. The molecule has 0 aromatic heterocycles. The summed E-state index contributed by atoms with van der Waals surface area (Å²) in [5.41, 5.74) is 0.507. The zero-order chi connectivity index (χ0) is 14.5. The van der Waals surface area contributed by atoms with Crippen LogP contribution in [0.2, 0.25) is 0 Å². The fourth-order valence-corrected chi connectivity index (χ4v) is 3.18. The molecule has 2 rings (SSSR count). The summed E-state index contributed by atoms with van der Waals surface area (Å²) in [5.74, 6) is -0.336. The first kappa shape index (κ1) is 18.3. The second kappa shape index (κ2) is 8.66. The Kier molecular flexibility index (Phi) is 7.57. The van der Waals surface area contributed by atoms with Crippen molar-refractivity contribution in [2.24, 2.45) is 5.92 Å². The standard InChI is InChI=1S/C16H24F2N2.ClH/c1-3-4-12(2)16(20-9-7-19-8-10-20)14-11-13(17)5-6-15(14)18;/h5-6,11-12,16,19H,3-4,7-10H2,1-2H3;1H/t12?,16-;/m0./s1. The van der Waals surface area contributed by atoms with Gasteiger partial charge in [0.2, 0.25) is 0 Å². The van der Waals surface area contributed by atoms with Gasteiger partial charge in [-0.15, -0.1) is 12.4 Å². The molecule has 0 saturated carbocycles. The molecule has 1 aromatic carbocycles. The highest BCUT2D eigenvalue weighted by Crippen LogP contribution is 2.33. The molecule has 1 fully saturated rings. The topological polar surface area (TPSA) is 15.3 Å². The Labute approximate surface area is 132 Å². The highest BCUT2D eigenvalue weighted by Gasteiger charge is 2.29. The first-order valence-corrected chi connectivity index (χ1v) is 7.53. The first-order valence-electron chi connectivity index (χ1n) is 7.53. The minimum absolute atomic E-state index is 0. The van der Waals surface area contributed by atoms with Crippen LogP contribution in [0.15, 0.2) is 18.2 Å². The fourth-order valence-electron chi connectivity index (χ4n) is 3.18. The van der Waals surface area contributed by atoms with E-state index < -0.39 is 0 Å². The van der Waals surface area contributed by atoms with Crippen LogP contribution in [0.4, 0.5) is 8.78 Å². The highest BCUT2D eigenvalue weighted by molar-refractivity contribution is 5.85. The van der Waals surface area contributed by atoms with Crippen molar-refractivity contribution in [1.29, 1.82) is 0 Å². The summed E-state index contributed by atoms with van der Waals surface area (Å²) in [6, 6.07) is 3.78. The lowest BCUT2D eigenvalue weighted by molar-refractivity contribution is 0.123. The number of nitrogens with one attached hydrogen (secondary N) is 1. The van der Waals surface area contributed by atoms with Crippen LogP contribution < -0.4 is 5.32 Å². The predicted octanol–water partition coefficient (Wildman–Crippen LogP) is 3.77. The van der Waals surface area contributed by atoms with E-state index in [2.05, 4.69) is 24.1 Å².